The molecule has 0 radical (unpaired) electrons. The molecule has 0 aromatic heterocycles. The Morgan fingerprint density at radius 1 is 0.846 bits per heavy atom. The Bertz CT molecular complexity index is 133. The second-order valence-electron chi connectivity index (χ2n) is 4.24. The van der Waals surface area contributed by atoms with E-state index in [9.17, 15) is 0 Å². The summed E-state index contributed by atoms with van der Waals surface area (Å²) >= 11 is 4.44. The van der Waals surface area contributed by atoms with Crippen molar-refractivity contribution in [2.45, 2.75) is 43.8 Å². The Morgan fingerprint density at radius 3 is 2.23 bits per heavy atom. The maximum absolute atomic E-state index is 2.26. The summed E-state index contributed by atoms with van der Waals surface area (Å²) in [4.78, 5) is 0. The van der Waals surface area contributed by atoms with Gasteiger partial charge in [0.1, 0.15) is 0 Å². The van der Waals surface area contributed by atoms with Gasteiger partial charge in [-0.2, -0.15) is 23.5 Å². The third-order valence-electron chi connectivity index (χ3n) is 3.27. The molecular formula is C11H20S2. The highest BCUT2D eigenvalue weighted by Gasteiger charge is 2.24. The maximum Gasteiger partial charge on any atom is 0.0166 e. The van der Waals surface area contributed by atoms with Crippen molar-refractivity contribution in [1.82, 2.24) is 0 Å². The Morgan fingerprint density at radius 2 is 1.62 bits per heavy atom. The van der Waals surface area contributed by atoms with Crippen molar-refractivity contribution in [3.05, 3.63) is 0 Å². The Labute approximate surface area is 90.6 Å². The second kappa shape index (κ2) is 5.55. The van der Waals surface area contributed by atoms with Gasteiger partial charge in [0.15, 0.2) is 0 Å². The van der Waals surface area contributed by atoms with Gasteiger partial charge < -0.3 is 0 Å². The molecule has 1 unspecified atom stereocenters. The molecule has 1 atom stereocenters. The lowest BCUT2D eigenvalue weighted by Crippen LogP contribution is -2.23. The van der Waals surface area contributed by atoms with E-state index in [1.165, 1.54) is 55.8 Å². The van der Waals surface area contributed by atoms with Crippen LogP contribution < -0.4 is 0 Å². The van der Waals surface area contributed by atoms with Gasteiger partial charge in [-0.1, -0.05) is 25.7 Å². The molecule has 1 heterocycles. The number of rotatable bonds is 1. The van der Waals surface area contributed by atoms with Crippen LogP contribution in [0.25, 0.3) is 0 Å². The van der Waals surface area contributed by atoms with Crippen molar-refractivity contribution in [3.8, 4) is 0 Å². The minimum absolute atomic E-state index is 1.01. The third-order valence-corrected chi connectivity index (χ3v) is 6.24. The van der Waals surface area contributed by atoms with E-state index in [4.69, 9.17) is 0 Å². The van der Waals surface area contributed by atoms with Crippen LogP contribution in [0.2, 0.25) is 0 Å². The first-order valence-corrected chi connectivity index (χ1v) is 7.86. The normalized spacial score (nSPS) is 32.8. The van der Waals surface area contributed by atoms with Gasteiger partial charge in [0, 0.05) is 22.5 Å². The van der Waals surface area contributed by atoms with Crippen LogP contribution in [0.5, 0.6) is 0 Å². The van der Waals surface area contributed by atoms with E-state index >= 15 is 0 Å². The molecule has 76 valence electrons. The standard InChI is InChI=1S/C11H20S2/c1-2-4-6-10(5-3-1)11-9-12-7-8-13-11/h10-11H,1-9H2. The molecule has 1 aliphatic carbocycles. The number of hydrogen-bond acceptors (Lipinski definition) is 2. The highest BCUT2D eigenvalue weighted by molar-refractivity contribution is 8.06. The lowest BCUT2D eigenvalue weighted by Gasteiger charge is -2.28. The zero-order valence-electron chi connectivity index (χ0n) is 8.34. The summed E-state index contributed by atoms with van der Waals surface area (Å²) in [6.45, 7) is 0. The van der Waals surface area contributed by atoms with Crippen LogP contribution in [0, 0.1) is 5.92 Å². The van der Waals surface area contributed by atoms with Crippen LogP contribution in [0.15, 0.2) is 0 Å². The van der Waals surface area contributed by atoms with Crippen molar-refractivity contribution >= 4 is 23.5 Å². The van der Waals surface area contributed by atoms with Gasteiger partial charge in [-0.05, 0) is 18.8 Å². The SMILES string of the molecule is C1CCCC(C2CSCCS2)CC1. The lowest BCUT2D eigenvalue weighted by atomic mass is 9.97. The predicted octanol–water partition coefficient (Wildman–Crippen LogP) is 3.81. The molecule has 1 aliphatic heterocycles. The van der Waals surface area contributed by atoms with Crippen molar-refractivity contribution in [3.63, 3.8) is 0 Å². The Kier molecular flexibility index (Phi) is 4.36. The van der Waals surface area contributed by atoms with Gasteiger partial charge in [-0.3, -0.25) is 0 Å². The minimum atomic E-state index is 1.01. The molecule has 0 aromatic rings. The van der Waals surface area contributed by atoms with Crippen LogP contribution >= 0.6 is 23.5 Å². The van der Waals surface area contributed by atoms with Gasteiger partial charge in [-0.15, -0.1) is 0 Å². The first kappa shape index (κ1) is 10.2. The highest BCUT2D eigenvalue weighted by atomic mass is 32.2. The summed E-state index contributed by atoms with van der Waals surface area (Å²) in [6.07, 6.45) is 9.07. The Balaban J connectivity index is 1.82. The molecular weight excluding hydrogens is 196 g/mol. The highest BCUT2D eigenvalue weighted by Crippen LogP contribution is 2.36. The van der Waals surface area contributed by atoms with E-state index in [0.29, 0.717) is 0 Å². The monoisotopic (exact) mass is 216 g/mol. The maximum atomic E-state index is 2.26. The zero-order valence-corrected chi connectivity index (χ0v) is 9.97. The van der Waals surface area contributed by atoms with Gasteiger partial charge in [0.05, 0.1) is 0 Å². The van der Waals surface area contributed by atoms with E-state index < -0.39 is 0 Å². The molecule has 2 heteroatoms. The lowest BCUT2D eigenvalue weighted by molar-refractivity contribution is 0.460. The van der Waals surface area contributed by atoms with Crippen LogP contribution in [-0.2, 0) is 0 Å². The Hall–Kier alpha value is 0.700. The molecule has 0 N–H and O–H groups in total. The van der Waals surface area contributed by atoms with Crippen molar-refractivity contribution < 1.29 is 0 Å². The summed E-state index contributed by atoms with van der Waals surface area (Å²) in [7, 11) is 0. The molecule has 13 heavy (non-hydrogen) atoms. The molecule has 0 aromatic carbocycles. The van der Waals surface area contributed by atoms with Crippen LogP contribution in [0.3, 0.4) is 0 Å². The largest absolute Gasteiger partial charge is 0.160 e. The van der Waals surface area contributed by atoms with Gasteiger partial charge in [0.2, 0.25) is 0 Å². The van der Waals surface area contributed by atoms with E-state index in [1.54, 1.807) is 0 Å². The number of thioether (sulfide) groups is 2. The fourth-order valence-corrected chi connectivity index (χ4v) is 5.51. The van der Waals surface area contributed by atoms with E-state index in [1.807, 2.05) is 0 Å². The summed E-state index contributed by atoms with van der Waals surface area (Å²) in [5.41, 5.74) is 0. The number of hydrogen-bond donors (Lipinski definition) is 0. The molecule has 1 saturated heterocycles. The molecule has 0 spiro atoms. The second-order valence-corrected chi connectivity index (χ2v) is 6.73. The average molecular weight is 216 g/mol. The van der Waals surface area contributed by atoms with Crippen LogP contribution in [0.4, 0.5) is 0 Å². The summed E-state index contributed by atoms with van der Waals surface area (Å²) in [5, 5.41) is 1.01. The first-order valence-electron chi connectivity index (χ1n) is 5.66. The van der Waals surface area contributed by atoms with E-state index in [2.05, 4.69) is 23.5 Å². The quantitative estimate of drug-likeness (QED) is 0.611. The first-order chi connectivity index (χ1) is 6.47. The van der Waals surface area contributed by atoms with Crippen molar-refractivity contribution in [2.75, 3.05) is 17.3 Å². The van der Waals surface area contributed by atoms with Gasteiger partial charge in [-0.25, -0.2) is 0 Å². The predicted molar refractivity (Wildman–Crippen MR) is 64.8 cm³/mol. The van der Waals surface area contributed by atoms with E-state index in [-0.39, 0.29) is 0 Å². The van der Waals surface area contributed by atoms with Crippen molar-refractivity contribution in [2.24, 2.45) is 5.92 Å². The molecule has 2 rings (SSSR count). The summed E-state index contributed by atoms with van der Waals surface area (Å²) in [5.74, 6) is 5.31. The molecule has 2 aliphatic rings. The van der Waals surface area contributed by atoms with Crippen LogP contribution in [0.1, 0.15) is 38.5 Å². The molecule has 2 fully saturated rings. The zero-order chi connectivity index (χ0) is 8.93. The molecule has 0 nitrogen and oxygen atoms in total. The van der Waals surface area contributed by atoms with Crippen LogP contribution in [-0.4, -0.2) is 22.5 Å². The summed E-state index contributed by atoms with van der Waals surface area (Å²) in [6, 6.07) is 0. The smallest absolute Gasteiger partial charge is 0.0166 e. The minimum Gasteiger partial charge on any atom is -0.160 e. The van der Waals surface area contributed by atoms with E-state index in [0.717, 1.165) is 11.2 Å². The fourth-order valence-electron chi connectivity index (χ4n) is 2.46. The fraction of sp³-hybridized carbons (Fsp3) is 1.00. The topological polar surface area (TPSA) is 0 Å². The van der Waals surface area contributed by atoms with Gasteiger partial charge in [0.25, 0.3) is 0 Å². The average Bonchev–Trinajstić information content (AvgIpc) is 2.47. The summed E-state index contributed by atoms with van der Waals surface area (Å²) < 4.78 is 0. The van der Waals surface area contributed by atoms with Crippen molar-refractivity contribution in [1.29, 1.82) is 0 Å². The molecule has 1 saturated carbocycles. The van der Waals surface area contributed by atoms with Gasteiger partial charge >= 0.3 is 0 Å². The molecule has 0 bridgehead atoms. The third kappa shape index (κ3) is 3.09. The molecule has 0 amide bonds.